The van der Waals surface area contributed by atoms with E-state index in [1.165, 1.54) is 0 Å². The van der Waals surface area contributed by atoms with Gasteiger partial charge < -0.3 is 9.67 Å². The SMILES string of the molecule is CCCC[C@]1(CC)C(=O)N([Si](C)(C)C(C)(C)C)[C@H]1C(=O)O. The second kappa shape index (κ2) is 5.74. The Morgan fingerprint density at radius 1 is 1.33 bits per heavy atom. The highest BCUT2D eigenvalue weighted by Crippen LogP contribution is 2.53. The van der Waals surface area contributed by atoms with Crippen molar-refractivity contribution in [1.82, 2.24) is 4.57 Å². The molecule has 1 N–H and O–H groups in total. The van der Waals surface area contributed by atoms with Crippen LogP contribution in [-0.2, 0) is 9.59 Å². The minimum absolute atomic E-state index is 0.0407. The quantitative estimate of drug-likeness (QED) is 0.598. The largest absolute Gasteiger partial charge is 0.480 e. The van der Waals surface area contributed by atoms with Gasteiger partial charge in [-0.05, 0) is 17.9 Å². The lowest BCUT2D eigenvalue weighted by atomic mass is 9.67. The van der Waals surface area contributed by atoms with Gasteiger partial charge in [0, 0.05) is 0 Å². The molecule has 0 unspecified atom stereocenters. The van der Waals surface area contributed by atoms with Gasteiger partial charge in [-0.2, -0.15) is 0 Å². The topological polar surface area (TPSA) is 57.6 Å². The zero-order chi connectivity index (χ0) is 16.6. The monoisotopic (exact) mass is 313 g/mol. The fraction of sp³-hybridized carbons (Fsp3) is 0.875. The molecule has 4 nitrogen and oxygen atoms in total. The summed E-state index contributed by atoms with van der Waals surface area (Å²) in [5.74, 6) is -0.755. The predicted octanol–water partition coefficient (Wildman–Crippen LogP) is 3.87. The van der Waals surface area contributed by atoms with Crippen LogP contribution in [0.3, 0.4) is 0 Å². The Bertz CT molecular complexity index is 428. The lowest BCUT2D eigenvalue weighted by Crippen LogP contribution is -2.79. The van der Waals surface area contributed by atoms with Crippen LogP contribution in [0, 0.1) is 5.41 Å². The number of hydrogen-bond donors (Lipinski definition) is 1. The third-order valence-electron chi connectivity index (χ3n) is 5.71. The van der Waals surface area contributed by atoms with E-state index in [0.29, 0.717) is 12.8 Å². The molecule has 1 amide bonds. The molecule has 5 heteroatoms. The Labute approximate surface area is 130 Å². The average Bonchev–Trinajstić information content (AvgIpc) is 2.34. The molecule has 0 aromatic heterocycles. The number of carboxylic acid groups (broad SMARTS) is 1. The molecule has 1 aliphatic rings. The Hall–Kier alpha value is -0.843. The summed E-state index contributed by atoms with van der Waals surface area (Å²) >= 11 is 0. The second-order valence-corrected chi connectivity index (χ2v) is 12.9. The van der Waals surface area contributed by atoms with E-state index in [9.17, 15) is 14.7 Å². The highest BCUT2D eigenvalue weighted by Gasteiger charge is 2.67. The van der Waals surface area contributed by atoms with Crippen molar-refractivity contribution < 1.29 is 14.7 Å². The molecule has 1 fully saturated rings. The van der Waals surface area contributed by atoms with E-state index in [1.54, 1.807) is 4.57 Å². The van der Waals surface area contributed by atoms with Crippen LogP contribution in [0.15, 0.2) is 0 Å². The Balaban J connectivity index is 3.22. The molecule has 0 aliphatic carbocycles. The molecule has 0 aromatic carbocycles. The van der Waals surface area contributed by atoms with Crippen LogP contribution < -0.4 is 0 Å². The van der Waals surface area contributed by atoms with Crippen molar-refractivity contribution in [3.63, 3.8) is 0 Å². The summed E-state index contributed by atoms with van der Waals surface area (Å²) in [5, 5.41) is 9.70. The molecular formula is C16H31NO3Si. The third kappa shape index (κ3) is 2.65. The maximum atomic E-state index is 12.9. The van der Waals surface area contributed by atoms with E-state index in [0.717, 1.165) is 12.8 Å². The van der Waals surface area contributed by atoms with Crippen molar-refractivity contribution >= 4 is 20.1 Å². The summed E-state index contributed by atoms with van der Waals surface area (Å²) in [6.45, 7) is 14.6. The Morgan fingerprint density at radius 3 is 2.19 bits per heavy atom. The van der Waals surface area contributed by atoms with Crippen LogP contribution in [0.5, 0.6) is 0 Å². The molecule has 0 aromatic rings. The van der Waals surface area contributed by atoms with Gasteiger partial charge in [-0.1, -0.05) is 60.6 Å². The lowest BCUT2D eigenvalue weighted by Gasteiger charge is -2.62. The van der Waals surface area contributed by atoms with Crippen molar-refractivity contribution in [1.29, 1.82) is 0 Å². The minimum atomic E-state index is -2.15. The Morgan fingerprint density at radius 2 is 1.86 bits per heavy atom. The molecule has 2 atom stereocenters. The van der Waals surface area contributed by atoms with E-state index in [2.05, 4.69) is 40.8 Å². The van der Waals surface area contributed by atoms with Crippen molar-refractivity contribution in [2.75, 3.05) is 0 Å². The van der Waals surface area contributed by atoms with Crippen LogP contribution in [0.25, 0.3) is 0 Å². The van der Waals surface area contributed by atoms with Gasteiger partial charge in [0.2, 0.25) is 5.91 Å². The molecule has 1 saturated heterocycles. The van der Waals surface area contributed by atoms with Crippen LogP contribution in [0.2, 0.25) is 18.1 Å². The number of nitrogens with zero attached hydrogens (tertiary/aromatic N) is 1. The molecular weight excluding hydrogens is 282 g/mol. The predicted molar refractivity (Wildman–Crippen MR) is 87.7 cm³/mol. The van der Waals surface area contributed by atoms with Crippen LogP contribution in [-0.4, -0.2) is 35.8 Å². The molecule has 1 heterocycles. The van der Waals surface area contributed by atoms with Gasteiger partial charge in [-0.3, -0.25) is 4.79 Å². The van der Waals surface area contributed by atoms with Gasteiger partial charge in [-0.15, -0.1) is 0 Å². The molecule has 21 heavy (non-hydrogen) atoms. The fourth-order valence-electron chi connectivity index (χ4n) is 3.20. The number of unbranched alkanes of at least 4 members (excludes halogenated alkanes) is 1. The number of amides is 1. The van der Waals surface area contributed by atoms with E-state index in [4.69, 9.17) is 0 Å². The molecule has 0 saturated carbocycles. The molecule has 1 aliphatic heterocycles. The molecule has 1 rings (SSSR count). The van der Waals surface area contributed by atoms with Crippen molar-refractivity contribution in [2.24, 2.45) is 5.41 Å². The highest BCUT2D eigenvalue weighted by atomic mass is 28.3. The van der Waals surface area contributed by atoms with E-state index < -0.39 is 25.7 Å². The summed E-state index contributed by atoms with van der Waals surface area (Å²) < 4.78 is 1.76. The Kier molecular flexibility index (Phi) is 4.98. The zero-order valence-electron chi connectivity index (χ0n) is 14.6. The molecule has 0 bridgehead atoms. The zero-order valence-corrected chi connectivity index (χ0v) is 15.6. The van der Waals surface area contributed by atoms with Crippen LogP contribution in [0.4, 0.5) is 0 Å². The number of rotatable bonds is 6. The standard InChI is InChI=1S/C16H31NO3Si/c1-8-10-11-16(9-2)12(13(18)19)17(14(16)20)21(6,7)15(3,4)5/h12H,8-11H2,1-7H3,(H,18,19)/t12-,16-/m0/s1. The van der Waals surface area contributed by atoms with Crippen LogP contribution in [0.1, 0.15) is 60.3 Å². The first-order valence-corrected chi connectivity index (χ1v) is 11.0. The maximum Gasteiger partial charge on any atom is 0.326 e. The summed E-state index contributed by atoms with van der Waals surface area (Å²) in [5.41, 5.74) is -0.669. The van der Waals surface area contributed by atoms with Gasteiger partial charge in [0.25, 0.3) is 0 Å². The molecule has 0 spiro atoms. The summed E-state index contributed by atoms with van der Waals surface area (Å²) in [6, 6.07) is -0.637. The third-order valence-corrected chi connectivity index (χ3v) is 11.0. The van der Waals surface area contributed by atoms with Crippen molar-refractivity contribution in [3.05, 3.63) is 0 Å². The highest BCUT2D eigenvalue weighted by molar-refractivity contribution is 6.80. The first-order valence-electron chi connectivity index (χ1n) is 8.04. The second-order valence-electron chi connectivity index (χ2n) is 7.84. The van der Waals surface area contributed by atoms with Crippen molar-refractivity contribution in [2.45, 2.75) is 84.5 Å². The number of carboxylic acids is 1. The van der Waals surface area contributed by atoms with E-state index in [-0.39, 0.29) is 10.9 Å². The fourth-order valence-corrected chi connectivity index (χ4v) is 5.65. The van der Waals surface area contributed by atoms with Gasteiger partial charge >= 0.3 is 5.97 Å². The summed E-state index contributed by atoms with van der Waals surface area (Å²) in [6.07, 6.45) is 3.21. The molecule has 0 radical (unpaired) electrons. The number of β-lactam (4-membered cyclic amide) rings is 1. The number of carbonyl (C=O) groups is 2. The van der Waals surface area contributed by atoms with E-state index >= 15 is 0 Å². The maximum absolute atomic E-state index is 12.9. The van der Waals surface area contributed by atoms with Crippen LogP contribution >= 0.6 is 0 Å². The average molecular weight is 314 g/mol. The number of carbonyl (C=O) groups excluding carboxylic acids is 1. The minimum Gasteiger partial charge on any atom is -0.480 e. The van der Waals surface area contributed by atoms with Gasteiger partial charge in [0.1, 0.15) is 6.04 Å². The first-order chi connectivity index (χ1) is 9.47. The smallest absolute Gasteiger partial charge is 0.326 e. The summed E-state index contributed by atoms with van der Waals surface area (Å²) in [7, 11) is -2.15. The van der Waals surface area contributed by atoms with Gasteiger partial charge in [-0.25, -0.2) is 4.79 Å². The van der Waals surface area contributed by atoms with E-state index in [1.807, 2.05) is 6.92 Å². The van der Waals surface area contributed by atoms with Gasteiger partial charge in [0.05, 0.1) is 5.41 Å². The molecule has 122 valence electrons. The summed E-state index contributed by atoms with van der Waals surface area (Å²) in [4.78, 5) is 24.8. The lowest BCUT2D eigenvalue weighted by molar-refractivity contribution is -0.177. The first kappa shape index (κ1) is 18.2. The van der Waals surface area contributed by atoms with Crippen molar-refractivity contribution in [3.8, 4) is 0 Å². The normalized spacial score (nSPS) is 26.7. The number of hydrogen-bond acceptors (Lipinski definition) is 2. The van der Waals surface area contributed by atoms with Gasteiger partial charge in [0.15, 0.2) is 8.24 Å². The number of aliphatic carboxylic acids is 1.